The standard InChI is InChI=1S/C21H18N2O4/c1-12-2-7-16-15(13-3-5-14(6-4-13)22-11-24)8-9-17-19(16)23(12)10-18(20(17)25)21(26)27/h3-6,8-12H,2,7H2,1H3,(H,22,24)(H,26,27). The van der Waals surface area contributed by atoms with Gasteiger partial charge in [-0.15, -0.1) is 0 Å². The van der Waals surface area contributed by atoms with Crippen LogP contribution in [-0.2, 0) is 11.2 Å². The molecule has 136 valence electrons. The minimum atomic E-state index is -1.20. The van der Waals surface area contributed by atoms with Gasteiger partial charge in [-0.3, -0.25) is 9.59 Å². The van der Waals surface area contributed by atoms with E-state index in [0.717, 1.165) is 35.0 Å². The van der Waals surface area contributed by atoms with E-state index in [0.29, 0.717) is 17.5 Å². The summed E-state index contributed by atoms with van der Waals surface area (Å²) in [4.78, 5) is 34.7. The molecule has 1 unspecified atom stereocenters. The van der Waals surface area contributed by atoms with Crippen LogP contribution in [0, 0.1) is 0 Å². The molecule has 6 heteroatoms. The topological polar surface area (TPSA) is 88.4 Å². The molecule has 4 rings (SSSR count). The van der Waals surface area contributed by atoms with Gasteiger partial charge in [0.2, 0.25) is 11.8 Å². The molecule has 1 aliphatic heterocycles. The number of rotatable bonds is 4. The second kappa shape index (κ2) is 6.39. The van der Waals surface area contributed by atoms with Crippen LogP contribution in [0.15, 0.2) is 47.4 Å². The van der Waals surface area contributed by atoms with Crippen molar-refractivity contribution in [2.24, 2.45) is 0 Å². The predicted octanol–water partition coefficient (Wildman–Crippen LogP) is 3.44. The van der Waals surface area contributed by atoms with E-state index in [2.05, 4.69) is 5.32 Å². The van der Waals surface area contributed by atoms with Gasteiger partial charge >= 0.3 is 5.97 Å². The first kappa shape index (κ1) is 17.0. The summed E-state index contributed by atoms with van der Waals surface area (Å²) in [5.41, 5.74) is 3.94. The SMILES string of the molecule is CC1CCc2c(-c3ccc(NC=O)cc3)ccc3c(=O)c(C(=O)O)cn1c23. The quantitative estimate of drug-likeness (QED) is 0.696. The van der Waals surface area contributed by atoms with Crippen molar-refractivity contribution in [3.05, 3.63) is 63.9 Å². The number of anilines is 1. The summed E-state index contributed by atoms with van der Waals surface area (Å²) in [6, 6.07) is 11.2. The summed E-state index contributed by atoms with van der Waals surface area (Å²) in [7, 11) is 0. The van der Waals surface area contributed by atoms with Gasteiger partial charge in [-0.05, 0) is 54.7 Å². The average molecular weight is 362 g/mol. The number of carbonyl (C=O) groups excluding carboxylic acids is 1. The van der Waals surface area contributed by atoms with E-state index in [-0.39, 0.29) is 11.6 Å². The normalized spacial score (nSPS) is 15.5. The molecule has 2 aromatic carbocycles. The maximum atomic E-state index is 12.6. The first-order chi connectivity index (χ1) is 13.0. The van der Waals surface area contributed by atoms with Crippen molar-refractivity contribution < 1.29 is 14.7 Å². The van der Waals surface area contributed by atoms with Gasteiger partial charge < -0.3 is 15.0 Å². The zero-order valence-corrected chi connectivity index (χ0v) is 14.7. The van der Waals surface area contributed by atoms with Crippen molar-refractivity contribution >= 4 is 29.0 Å². The highest BCUT2D eigenvalue weighted by Crippen LogP contribution is 2.36. The minimum absolute atomic E-state index is 0.119. The molecule has 0 fully saturated rings. The summed E-state index contributed by atoms with van der Waals surface area (Å²) < 4.78 is 1.92. The Morgan fingerprint density at radius 1 is 1.22 bits per heavy atom. The lowest BCUT2D eigenvalue weighted by Crippen LogP contribution is -2.24. The van der Waals surface area contributed by atoms with Crippen LogP contribution in [0.5, 0.6) is 0 Å². The molecule has 1 atom stereocenters. The molecule has 2 N–H and O–H groups in total. The maximum absolute atomic E-state index is 12.6. The molecule has 27 heavy (non-hydrogen) atoms. The highest BCUT2D eigenvalue weighted by molar-refractivity contribution is 5.96. The zero-order valence-electron chi connectivity index (χ0n) is 14.7. The number of nitrogens with one attached hydrogen (secondary N) is 1. The monoisotopic (exact) mass is 362 g/mol. The Morgan fingerprint density at radius 2 is 1.96 bits per heavy atom. The van der Waals surface area contributed by atoms with Gasteiger partial charge in [0.1, 0.15) is 5.56 Å². The van der Waals surface area contributed by atoms with Crippen molar-refractivity contribution in [1.29, 1.82) is 0 Å². The molecule has 3 aromatic rings. The number of nitrogens with zero attached hydrogens (tertiary/aromatic N) is 1. The van der Waals surface area contributed by atoms with Crippen LogP contribution in [0.3, 0.4) is 0 Å². The van der Waals surface area contributed by atoms with Crippen LogP contribution in [0.4, 0.5) is 5.69 Å². The van der Waals surface area contributed by atoms with Crippen LogP contribution < -0.4 is 10.7 Å². The largest absolute Gasteiger partial charge is 0.477 e. The van der Waals surface area contributed by atoms with Gasteiger partial charge in [-0.1, -0.05) is 18.2 Å². The Labute approximate surface area is 155 Å². The Bertz CT molecular complexity index is 1130. The molecule has 0 saturated carbocycles. The fourth-order valence-corrected chi connectivity index (χ4v) is 3.85. The van der Waals surface area contributed by atoms with Crippen molar-refractivity contribution in [1.82, 2.24) is 4.57 Å². The Balaban J connectivity index is 1.98. The Kier molecular flexibility index (Phi) is 4.03. The van der Waals surface area contributed by atoms with Crippen molar-refractivity contribution in [2.45, 2.75) is 25.8 Å². The number of amides is 1. The summed E-state index contributed by atoms with van der Waals surface area (Å²) >= 11 is 0. The predicted molar refractivity (Wildman–Crippen MR) is 103 cm³/mol. The second-order valence-electron chi connectivity index (χ2n) is 6.80. The number of aromatic nitrogens is 1. The van der Waals surface area contributed by atoms with Gasteiger partial charge in [-0.25, -0.2) is 4.79 Å². The third-order valence-electron chi connectivity index (χ3n) is 5.24. The summed E-state index contributed by atoms with van der Waals surface area (Å²) in [5.74, 6) is -1.20. The lowest BCUT2D eigenvalue weighted by atomic mass is 9.89. The number of hydrogen-bond donors (Lipinski definition) is 2. The number of pyridine rings is 1. The smallest absolute Gasteiger partial charge is 0.341 e. The van der Waals surface area contributed by atoms with Crippen LogP contribution in [0.1, 0.15) is 35.3 Å². The molecule has 0 aliphatic carbocycles. The fourth-order valence-electron chi connectivity index (χ4n) is 3.85. The molecule has 1 amide bonds. The average Bonchev–Trinajstić information content (AvgIpc) is 2.66. The van der Waals surface area contributed by atoms with Crippen LogP contribution in [0.25, 0.3) is 22.0 Å². The van der Waals surface area contributed by atoms with Crippen LogP contribution in [-0.4, -0.2) is 22.1 Å². The number of carboxylic acids is 1. The van der Waals surface area contributed by atoms with Gasteiger partial charge in [0.05, 0.1) is 5.52 Å². The third-order valence-corrected chi connectivity index (χ3v) is 5.24. The van der Waals surface area contributed by atoms with E-state index in [1.165, 1.54) is 6.20 Å². The van der Waals surface area contributed by atoms with Crippen LogP contribution >= 0.6 is 0 Å². The molecule has 0 spiro atoms. The number of hydrogen-bond acceptors (Lipinski definition) is 3. The number of aryl methyl sites for hydroxylation is 1. The fraction of sp³-hybridized carbons (Fsp3) is 0.190. The summed E-state index contributed by atoms with van der Waals surface area (Å²) in [6.07, 6.45) is 3.79. The van der Waals surface area contributed by atoms with Gasteiger partial charge in [0.15, 0.2) is 0 Å². The maximum Gasteiger partial charge on any atom is 0.341 e. The molecule has 2 heterocycles. The molecular weight excluding hydrogens is 344 g/mol. The lowest BCUT2D eigenvalue weighted by molar-refractivity contribution is -0.105. The van der Waals surface area contributed by atoms with E-state index in [1.54, 1.807) is 6.07 Å². The minimum Gasteiger partial charge on any atom is -0.477 e. The zero-order chi connectivity index (χ0) is 19.1. The number of carbonyl (C=O) groups is 2. The summed E-state index contributed by atoms with van der Waals surface area (Å²) in [6.45, 7) is 2.03. The van der Waals surface area contributed by atoms with E-state index in [4.69, 9.17) is 0 Å². The van der Waals surface area contributed by atoms with E-state index < -0.39 is 11.4 Å². The molecule has 0 radical (unpaired) electrons. The number of aromatic carboxylic acids is 1. The van der Waals surface area contributed by atoms with E-state index >= 15 is 0 Å². The van der Waals surface area contributed by atoms with Gasteiger partial charge in [-0.2, -0.15) is 0 Å². The molecule has 1 aliphatic rings. The lowest BCUT2D eigenvalue weighted by Gasteiger charge is -2.28. The van der Waals surface area contributed by atoms with Crippen molar-refractivity contribution in [3.63, 3.8) is 0 Å². The molecule has 6 nitrogen and oxygen atoms in total. The Morgan fingerprint density at radius 3 is 2.63 bits per heavy atom. The first-order valence-corrected chi connectivity index (χ1v) is 8.76. The van der Waals surface area contributed by atoms with Crippen molar-refractivity contribution in [3.8, 4) is 11.1 Å². The molecular formula is C21H18N2O4. The summed E-state index contributed by atoms with van der Waals surface area (Å²) in [5, 5.41) is 12.4. The Hall–Kier alpha value is -3.41. The van der Waals surface area contributed by atoms with Crippen molar-refractivity contribution in [2.75, 3.05) is 5.32 Å². The molecule has 0 bridgehead atoms. The molecule has 1 aromatic heterocycles. The van der Waals surface area contributed by atoms with E-state index in [1.807, 2.05) is 41.8 Å². The number of benzene rings is 2. The first-order valence-electron chi connectivity index (χ1n) is 8.76. The van der Waals surface area contributed by atoms with E-state index in [9.17, 15) is 19.5 Å². The van der Waals surface area contributed by atoms with Gasteiger partial charge in [0.25, 0.3) is 0 Å². The highest BCUT2D eigenvalue weighted by Gasteiger charge is 2.24. The molecule has 0 saturated heterocycles. The number of carboxylic acid groups (broad SMARTS) is 1. The third kappa shape index (κ3) is 2.70. The van der Waals surface area contributed by atoms with Gasteiger partial charge in [0, 0.05) is 23.3 Å². The highest BCUT2D eigenvalue weighted by atomic mass is 16.4. The van der Waals surface area contributed by atoms with Crippen LogP contribution in [0.2, 0.25) is 0 Å². The second-order valence-corrected chi connectivity index (χ2v) is 6.80.